The van der Waals surface area contributed by atoms with Crippen LogP contribution in [0.25, 0.3) is 0 Å². The number of aliphatic hydroxyl groups is 1. The van der Waals surface area contributed by atoms with Gasteiger partial charge in [0.25, 0.3) is 0 Å². The highest BCUT2D eigenvalue weighted by molar-refractivity contribution is 4.68. The zero-order valence-corrected chi connectivity index (χ0v) is 7.45. The molecule has 11 heavy (non-hydrogen) atoms. The third kappa shape index (κ3) is 2.77. The summed E-state index contributed by atoms with van der Waals surface area (Å²) in [7, 11) is 3.81. The number of likely N-dealkylation sites (N-methyl/N-ethyl adjacent to an activating group) is 1. The normalized spacial score (nSPS) is 22.9. The molecule has 0 spiro atoms. The van der Waals surface area contributed by atoms with Crippen LogP contribution in [0.5, 0.6) is 0 Å². The monoisotopic (exact) mass is 158 g/mol. The number of β-amino-alcohol motifs (C(OH)–C–C–N with tert-alkyl or cyclic N) is 1. The SMILES string of the molecule is CN(C)C(O)CN1CCCC1. The van der Waals surface area contributed by atoms with E-state index in [2.05, 4.69) is 4.90 Å². The van der Waals surface area contributed by atoms with E-state index < -0.39 is 0 Å². The smallest absolute Gasteiger partial charge is 0.119 e. The molecule has 0 aromatic heterocycles. The molecule has 66 valence electrons. The van der Waals surface area contributed by atoms with Crippen LogP contribution < -0.4 is 0 Å². The molecule has 1 fully saturated rings. The predicted octanol–water partition coefficient (Wildman–Crippen LogP) is -0.0378. The van der Waals surface area contributed by atoms with Gasteiger partial charge in [-0.25, -0.2) is 0 Å². The highest BCUT2D eigenvalue weighted by Gasteiger charge is 2.16. The molecule has 0 radical (unpaired) electrons. The zero-order valence-electron chi connectivity index (χ0n) is 7.45. The molecule has 0 amide bonds. The van der Waals surface area contributed by atoms with E-state index in [1.807, 2.05) is 19.0 Å². The van der Waals surface area contributed by atoms with E-state index >= 15 is 0 Å². The highest BCUT2D eigenvalue weighted by atomic mass is 16.3. The number of hydrogen-bond acceptors (Lipinski definition) is 3. The van der Waals surface area contributed by atoms with Crippen LogP contribution in [0, 0.1) is 0 Å². The molecule has 1 atom stereocenters. The topological polar surface area (TPSA) is 26.7 Å². The summed E-state index contributed by atoms with van der Waals surface area (Å²) >= 11 is 0. The van der Waals surface area contributed by atoms with Crippen molar-refractivity contribution in [2.24, 2.45) is 0 Å². The molecular formula is C8H18N2O. The lowest BCUT2D eigenvalue weighted by Gasteiger charge is -2.23. The number of likely N-dealkylation sites (tertiary alicyclic amines) is 1. The van der Waals surface area contributed by atoms with Crippen LogP contribution in [0.2, 0.25) is 0 Å². The average molecular weight is 158 g/mol. The van der Waals surface area contributed by atoms with E-state index in [0.717, 1.165) is 19.6 Å². The Morgan fingerprint density at radius 3 is 2.36 bits per heavy atom. The van der Waals surface area contributed by atoms with Crippen molar-refractivity contribution >= 4 is 0 Å². The van der Waals surface area contributed by atoms with E-state index in [0.29, 0.717) is 0 Å². The van der Waals surface area contributed by atoms with Gasteiger partial charge >= 0.3 is 0 Å². The van der Waals surface area contributed by atoms with Gasteiger partial charge < -0.3 is 5.11 Å². The lowest BCUT2D eigenvalue weighted by Crippen LogP contribution is -2.39. The summed E-state index contributed by atoms with van der Waals surface area (Å²) < 4.78 is 0. The average Bonchev–Trinajstić information content (AvgIpc) is 2.39. The first-order valence-corrected chi connectivity index (χ1v) is 4.27. The minimum atomic E-state index is -0.298. The van der Waals surface area contributed by atoms with E-state index in [1.165, 1.54) is 12.8 Å². The molecule has 1 saturated heterocycles. The highest BCUT2D eigenvalue weighted by Crippen LogP contribution is 2.07. The van der Waals surface area contributed by atoms with Crippen molar-refractivity contribution < 1.29 is 5.11 Å². The van der Waals surface area contributed by atoms with Gasteiger partial charge in [-0.15, -0.1) is 0 Å². The fourth-order valence-corrected chi connectivity index (χ4v) is 1.36. The lowest BCUT2D eigenvalue weighted by atomic mass is 10.4. The Kier molecular flexibility index (Phi) is 3.30. The largest absolute Gasteiger partial charge is 0.377 e. The summed E-state index contributed by atoms with van der Waals surface area (Å²) in [6.45, 7) is 3.11. The molecular weight excluding hydrogens is 140 g/mol. The second kappa shape index (κ2) is 4.04. The quantitative estimate of drug-likeness (QED) is 0.584. The maximum Gasteiger partial charge on any atom is 0.119 e. The van der Waals surface area contributed by atoms with Gasteiger partial charge in [0.1, 0.15) is 6.23 Å². The Labute approximate surface area is 68.6 Å². The van der Waals surface area contributed by atoms with Crippen LogP contribution in [0.15, 0.2) is 0 Å². The van der Waals surface area contributed by atoms with Crippen molar-refractivity contribution in [2.75, 3.05) is 33.7 Å². The summed E-state index contributed by atoms with van der Waals surface area (Å²) in [5.74, 6) is 0. The first-order valence-electron chi connectivity index (χ1n) is 4.27. The standard InChI is InChI=1S/C8H18N2O/c1-9(2)8(11)7-10-5-3-4-6-10/h8,11H,3-7H2,1-2H3. The predicted molar refractivity (Wildman–Crippen MR) is 45.4 cm³/mol. The third-order valence-corrected chi connectivity index (χ3v) is 2.22. The van der Waals surface area contributed by atoms with Gasteiger partial charge in [-0.1, -0.05) is 0 Å². The van der Waals surface area contributed by atoms with Gasteiger partial charge in [0, 0.05) is 6.54 Å². The molecule has 1 rings (SSSR count). The minimum absolute atomic E-state index is 0.298. The van der Waals surface area contributed by atoms with Crippen LogP contribution in [0.1, 0.15) is 12.8 Å². The van der Waals surface area contributed by atoms with Gasteiger partial charge in [0.05, 0.1) is 0 Å². The maximum absolute atomic E-state index is 9.47. The second-order valence-corrected chi connectivity index (χ2v) is 3.45. The molecule has 1 heterocycles. The third-order valence-electron chi connectivity index (χ3n) is 2.22. The van der Waals surface area contributed by atoms with Crippen LogP contribution in [-0.4, -0.2) is 54.9 Å². The number of rotatable bonds is 3. The molecule has 1 N–H and O–H groups in total. The molecule has 1 aliphatic rings. The number of nitrogens with zero attached hydrogens (tertiary/aromatic N) is 2. The molecule has 1 unspecified atom stereocenters. The van der Waals surface area contributed by atoms with Gasteiger partial charge in [0.2, 0.25) is 0 Å². The molecule has 1 aliphatic heterocycles. The van der Waals surface area contributed by atoms with Crippen molar-refractivity contribution in [2.45, 2.75) is 19.1 Å². The molecule has 3 heteroatoms. The van der Waals surface area contributed by atoms with Crippen molar-refractivity contribution in [3.8, 4) is 0 Å². The number of aliphatic hydroxyl groups excluding tert-OH is 1. The Balaban J connectivity index is 2.18. The van der Waals surface area contributed by atoms with Crippen molar-refractivity contribution in [3.05, 3.63) is 0 Å². The summed E-state index contributed by atoms with van der Waals surface area (Å²) in [5.41, 5.74) is 0. The van der Waals surface area contributed by atoms with Crippen LogP contribution >= 0.6 is 0 Å². The second-order valence-electron chi connectivity index (χ2n) is 3.45. The van der Waals surface area contributed by atoms with E-state index in [-0.39, 0.29) is 6.23 Å². The van der Waals surface area contributed by atoms with E-state index in [1.54, 1.807) is 0 Å². The van der Waals surface area contributed by atoms with Gasteiger partial charge in [0.15, 0.2) is 0 Å². The fraction of sp³-hybridized carbons (Fsp3) is 1.00. The van der Waals surface area contributed by atoms with Crippen LogP contribution in [0.4, 0.5) is 0 Å². The maximum atomic E-state index is 9.47. The Morgan fingerprint density at radius 1 is 1.36 bits per heavy atom. The molecule has 0 bridgehead atoms. The molecule has 3 nitrogen and oxygen atoms in total. The van der Waals surface area contributed by atoms with Crippen molar-refractivity contribution in [3.63, 3.8) is 0 Å². The summed E-state index contributed by atoms with van der Waals surface area (Å²) in [5, 5.41) is 9.47. The molecule has 0 aromatic carbocycles. The zero-order chi connectivity index (χ0) is 8.27. The van der Waals surface area contributed by atoms with Crippen LogP contribution in [-0.2, 0) is 0 Å². The number of hydrogen-bond donors (Lipinski definition) is 1. The Bertz CT molecular complexity index is 111. The molecule has 0 aromatic rings. The summed E-state index contributed by atoms with van der Waals surface area (Å²) in [6.07, 6.45) is 2.29. The molecule has 0 aliphatic carbocycles. The van der Waals surface area contributed by atoms with Crippen molar-refractivity contribution in [1.82, 2.24) is 9.80 Å². The lowest BCUT2D eigenvalue weighted by molar-refractivity contribution is 0.0142. The van der Waals surface area contributed by atoms with Crippen molar-refractivity contribution in [1.29, 1.82) is 0 Å². The first-order chi connectivity index (χ1) is 5.20. The summed E-state index contributed by atoms with van der Waals surface area (Å²) in [4.78, 5) is 4.16. The Hall–Kier alpha value is -0.120. The molecule has 0 saturated carbocycles. The van der Waals surface area contributed by atoms with Gasteiger partial charge in [-0.05, 0) is 40.0 Å². The fourth-order valence-electron chi connectivity index (χ4n) is 1.36. The minimum Gasteiger partial charge on any atom is -0.377 e. The van der Waals surface area contributed by atoms with Gasteiger partial charge in [-0.3, -0.25) is 9.80 Å². The Morgan fingerprint density at radius 2 is 1.91 bits per heavy atom. The first kappa shape index (κ1) is 8.97. The van der Waals surface area contributed by atoms with Gasteiger partial charge in [-0.2, -0.15) is 0 Å². The van der Waals surface area contributed by atoms with Crippen LogP contribution in [0.3, 0.4) is 0 Å². The van der Waals surface area contributed by atoms with E-state index in [4.69, 9.17) is 0 Å². The summed E-state index contributed by atoms with van der Waals surface area (Å²) in [6, 6.07) is 0. The van der Waals surface area contributed by atoms with E-state index in [9.17, 15) is 5.11 Å².